The number of aromatic nitrogens is 4. The van der Waals surface area contributed by atoms with Crippen molar-refractivity contribution in [3.05, 3.63) is 140 Å². The van der Waals surface area contributed by atoms with Gasteiger partial charge in [-0.2, -0.15) is 17.5 Å². The molecule has 0 radical (unpaired) electrons. The largest absolute Gasteiger partial charge is 0.208 e. The number of thiophene rings is 6. The molecular formula is C75H83BBr2N4S8. The van der Waals surface area contributed by atoms with Gasteiger partial charge in [-0.3, -0.25) is 0 Å². The Morgan fingerprint density at radius 2 is 0.989 bits per heavy atom. The van der Waals surface area contributed by atoms with Gasteiger partial charge in [0, 0.05) is 87.8 Å². The van der Waals surface area contributed by atoms with Gasteiger partial charge in [-0.15, -0.1) is 68.0 Å². The van der Waals surface area contributed by atoms with Crippen LogP contribution in [0.25, 0.3) is 82.7 Å². The lowest BCUT2D eigenvalue weighted by Gasteiger charge is -2.31. The molecule has 0 fully saturated rings. The molecule has 0 saturated heterocycles. The number of hydrogen-bond acceptors (Lipinski definition) is 12. The molecule has 0 amide bonds. The van der Waals surface area contributed by atoms with E-state index >= 15 is 0 Å². The normalized spacial score (nSPS) is 13.7. The van der Waals surface area contributed by atoms with E-state index in [1.54, 1.807) is 11.1 Å². The molecule has 8 aromatic heterocycles. The first-order valence-electron chi connectivity index (χ1n) is 33.6. The lowest BCUT2D eigenvalue weighted by molar-refractivity contribution is 0.399. The molecule has 0 atom stereocenters. The molecule has 0 spiro atoms. The number of unbranched alkanes of at least 4 members (excludes halogenated alkanes) is 16. The predicted molar refractivity (Wildman–Crippen MR) is 411 cm³/mol. The molecule has 2 aliphatic carbocycles. The number of rotatable bonds is 34. The Morgan fingerprint density at radius 3 is 1.67 bits per heavy atom. The number of alkyl halides is 2. The molecule has 15 heteroatoms. The van der Waals surface area contributed by atoms with Gasteiger partial charge in [0.15, 0.2) is 0 Å². The van der Waals surface area contributed by atoms with Crippen LogP contribution in [0, 0.1) is 0 Å². The molecule has 0 saturated carbocycles. The Hall–Kier alpha value is -3.48. The molecule has 0 unspecified atom stereocenters. The Labute approximate surface area is 585 Å². The second-order valence-electron chi connectivity index (χ2n) is 26.0. The lowest BCUT2D eigenvalue weighted by Crippen LogP contribution is -2.28. The number of benzene rings is 3. The van der Waals surface area contributed by atoms with Crippen molar-refractivity contribution in [3.8, 4) is 60.6 Å². The maximum Gasteiger partial charge on any atom is 0.208 e. The Kier molecular flexibility index (Phi) is 21.8. The van der Waals surface area contributed by atoms with Crippen LogP contribution in [-0.4, -0.2) is 35.4 Å². The summed E-state index contributed by atoms with van der Waals surface area (Å²) < 4.78 is 22.1. The first-order valence-corrected chi connectivity index (χ1v) is 42.3. The second-order valence-corrected chi connectivity index (χ2v) is 35.0. The molecule has 0 aliphatic heterocycles. The van der Waals surface area contributed by atoms with Gasteiger partial charge in [0.05, 0.1) is 29.0 Å². The zero-order chi connectivity index (χ0) is 61.6. The summed E-state index contributed by atoms with van der Waals surface area (Å²) in [4.78, 5) is 14.1. The van der Waals surface area contributed by atoms with Gasteiger partial charge in [0.2, 0.25) is 7.28 Å². The van der Waals surface area contributed by atoms with Crippen molar-refractivity contribution in [3.63, 3.8) is 0 Å². The fraction of sp³-hybridized carbons (Fsp3) is 0.440. The highest BCUT2D eigenvalue weighted by Crippen LogP contribution is 2.62. The molecule has 3 aromatic carbocycles. The predicted octanol–water partition coefficient (Wildman–Crippen LogP) is 24.8. The lowest BCUT2D eigenvalue weighted by atomic mass is 9.66. The second kappa shape index (κ2) is 30.1. The van der Waals surface area contributed by atoms with Gasteiger partial charge in [-0.25, -0.2) is 0 Å². The minimum absolute atomic E-state index is 0.0267. The van der Waals surface area contributed by atoms with Crippen molar-refractivity contribution in [2.24, 2.45) is 0 Å². The van der Waals surface area contributed by atoms with Crippen LogP contribution in [0.15, 0.2) is 96.4 Å². The summed E-state index contributed by atoms with van der Waals surface area (Å²) in [7, 11) is 0.898. The van der Waals surface area contributed by atoms with Gasteiger partial charge in [-0.05, 0) is 148 Å². The third-order valence-corrected chi connectivity index (χ3v) is 29.0. The monoisotopic (exact) mass is 1460 g/mol. The molecule has 8 heterocycles. The van der Waals surface area contributed by atoms with E-state index in [0.717, 1.165) is 52.8 Å². The summed E-state index contributed by atoms with van der Waals surface area (Å²) in [5.74, 6) is 0. The first-order chi connectivity index (χ1) is 44.2. The molecule has 13 rings (SSSR count). The average Bonchev–Trinajstić information content (AvgIpc) is 1.56. The van der Waals surface area contributed by atoms with Crippen LogP contribution < -0.4 is 10.2 Å². The quantitative estimate of drug-likeness (QED) is 0.0229. The van der Waals surface area contributed by atoms with Gasteiger partial charge in [0.25, 0.3) is 0 Å². The van der Waals surface area contributed by atoms with Gasteiger partial charge >= 0.3 is 0 Å². The highest BCUT2D eigenvalue weighted by atomic mass is 79.9. The van der Waals surface area contributed by atoms with Crippen molar-refractivity contribution < 1.29 is 0 Å². The van der Waals surface area contributed by atoms with E-state index < -0.39 is 0 Å². The van der Waals surface area contributed by atoms with E-state index in [-0.39, 0.29) is 10.8 Å². The summed E-state index contributed by atoms with van der Waals surface area (Å²) >= 11 is 22.1. The zero-order valence-electron chi connectivity index (χ0n) is 52.8. The zero-order valence-corrected chi connectivity index (χ0v) is 62.6. The van der Waals surface area contributed by atoms with Crippen LogP contribution in [-0.2, 0) is 30.1 Å². The summed E-state index contributed by atoms with van der Waals surface area (Å²) in [6, 6.07) is 35.8. The van der Waals surface area contributed by atoms with Gasteiger partial charge < -0.3 is 0 Å². The topological polar surface area (TPSA) is 51.6 Å². The molecule has 2 aliphatic rings. The Balaban J connectivity index is 0.825. The van der Waals surface area contributed by atoms with Crippen molar-refractivity contribution in [1.82, 2.24) is 17.5 Å². The van der Waals surface area contributed by atoms with Crippen LogP contribution in [0.1, 0.15) is 213 Å². The van der Waals surface area contributed by atoms with Gasteiger partial charge in [-0.1, -0.05) is 217 Å². The summed E-state index contributed by atoms with van der Waals surface area (Å²) in [5, 5.41) is 4.63. The maximum absolute atomic E-state index is 5.19. The van der Waals surface area contributed by atoms with E-state index in [4.69, 9.17) is 17.5 Å². The summed E-state index contributed by atoms with van der Waals surface area (Å²) in [5.41, 5.74) is 19.6. The van der Waals surface area contributed by atoms with E-state index in [1.807, 2.05) is 56.7 Å². The van der Waals surface area contributed by atoms with Crippen LogP contribution >= 0.6 is 123 Å². The molecule has 90 heavy (non-hydrogen) atoms. The standard InChI is InChI=1S/C75H83BBr2N4S8/c1-5-7-9-20-28-48-40-63(83-47-48)64-42-51(31-21-10-8-6-2)73(88-64)76-59-35-34-54(67-68(59)82-90-81-67)62-46-58-72(87-62)71-57(75(58,36-24-15-11-13-17-26-38-77)37-25-16-12-14-18-27-39-78)43-52(84-71)41-50-32-33-53(66-65(50)79-89-80-66)61-45-56-70(86-61)69-55(74(56,3)4)44-60(85-69)49-29-22-19-23-30-49/h19,22-23,29-30,32-35,40,42-47,76H,5-18,20-21,24-28,31,36-39,41H2,1-4H3. The average molecular weight is 1470 g/mol. The van der Waals surface area contributed by atoms with E-state index in [1.165, 1.54) is 275 Å². The number of hydrogen-bond donors (Lipinski definition) is 0. The number of halogens is 2. The molecule has 0 bridgehead atoms. The van der Waals surface area contributed by atoms with Crippen LogP contribution in [0.5, 0.6) is 0 Å². The van der Waals surface area contributed by atoms with Crippen LogP contribution in [0.2, 0.25) is 0 Å². The minimum atomic E-state index is -0.0645. The summed E-state index contributed by atoms with van der Waals surface area (Å²) in [6.45, 7) is 9.43. The maximum atomic E-state index is 5.19. The fourth-order valence-electron chi connectivity index (χ4n) is 14.4. The molecule has 0 N–H and O–H groups in total. The van der Waals surface area contributed by atoms with E-state index in [2.05, 4.69) is 167 Å². The minimum Gasteiger partial charge on any atom is -0.173 e. The third-order valence-electron chi connectivity index (χ3n) is 19.5. The number of fused-ring (bicyclic) bond motifs is 8. The van der Waals surface area contributed by atoms with E-state index in [9.17, 15) is 0 Å². The molecule has 468 valence electrons. The Bertz CT molecular complexity index is 4170. The number of nitrogens with zero attached hydrogens (tertiary/aromatic N) is 4. The first kappa shape index (κ1) is 65.2. The molecule has 4 nitrogen and oxygen atoms in total. The van der Waals surface area contributed by atoms with Crippen molar-refractivity contribution in [2.45, 2.75) is 199 Å². The van der Waals surface area contributed by atoms with E-state index in [0.29, 0.717) is 0 Å². The van der Waals surface area contributed by atoms with Crippen molar-refractivity contribution >= 4 is 163 Å². The Morgan fingerprint density at radius 1 is 0.444 bits per heavy atom. The number of aryl methyl sites for hydroxylation is 2. The molecule has 11 aromatic rings. The fourth-order valence-corrected chi connectivity index (χ4v) is 24.2. The smallest absolute Gasteiger partial charge is 0.173 e. The van der Waals surface area contributed by atoms with Crippen molar-refractivity contribution in [2.75, 3.05) is 10.7 Å². The SMILES string of the molecule is CCCCCCc1csc(-c2cc(CCCCCC)c(Bc3ccc(-c4cc5c(s4)-c4sc(Cc6ccc(-c7cc8c(s7)-c7sc(-c9ccccc9)cc7C8(C)C)c7nsnc67)cc4C5(CCCCCCCCBr)CCCCCCCCBr)c4nsnc34)s2)c1. The molecular weight excluding hydrogens is 1380 g/mol. The third kappa shape index (κ3) is 13.7. The van der Waals surface area contributed by atoms with Crippen LogP contribution in [0.3, 0.4) is 0 Å². The summed E-state index contributed by atoms with van der Waals surface area (Å²) in [6.07, 6.45) is 31.4. The highest BCUT2D eigenvalue weighted by molar-refractivity contribution is 9.09. The van der Waals surface area contributed by atoms with Crippen molar-refractivity contribution in [1.29, 1.82) is 0 Å². The highest BCUT2D eigenvalue weighted by Gasteiger charge is 2.46. The van der Waals surface area contributed by atoms with Crippen LogP contribution in [0.4, 0.5) is 0 Å². The van der Waals surface area contributed by atoms with Gasteiger partial charge in [0.1, 0.15) is 16.6 Å².